The summed E-state index contributed by atoms with van der Waals surface area (Å²) in [5.41, 5.74) is 3.51. The van der Waals surface area contributed by atoms with Crippen LogP contribution >= 0.6 is 11.6 Å². The maximum Gasteiger partial charge on any atom is 0.257 e. The number of carbonyl (C=O) groups is 1. The minimum atomic E-state index is -0.116. The van der Waals surface area contributed by atoms with Gasteiger partial charge in [-0.05, 0) is 29.3 Å². The molecule has 2 aromatic rings. The van der Waals surface area contributed by atoms with Gasteiger partial charge in [0.2, 0.25) is 0 Å². The Kier molecular flexibility index (Phi) is 3.05. The van der Waals surface area contributed by atoms with Crippen LogP contribution in [0.5, 0.6) is 0 Å². The number of rotatable bonds is 2. The molecular formula is C15H11ClN2O. The highest BCUT2D eigenvalue weighted by Crippen LogP contribution is 2.30. The van der Waals surface area contributed by atoms with E-state index in [2.05, 4.69) is 10.3 Å². The molecule has 1 N–H and O–H groups in total. The molecule has 0 aliphatic carbocycles. The predicted molar refractivity (Wildman–Crippen MR) is 76.7 cm³/mol. The van der Waals surface area contributed by atoms with E-state index in [0.717, 1.165) is 16.7 Å². The van der Waals surface area contributed by atoms with E-state index in [1.54, 1.807) is 6.20 Å². The summed E-state index contributed by atoms with van der Waals surface area (Å²) in [4.78, 5) is 16.1. The van der Waals surface area contributed by atoms with Crippen molar-refractivity contribution in [2.24, 2.45) is 0 Å². The van der Waals surface area contributed by atoms with Crippen LogP contribution in [0.2, 0.25) is 0 Å². The van der Waals surface area contributed by atoms with Crippen LogP contribution in [0.4, 0.5) is 5.82 Å². The number of hydrogen-bond acceptors (Lipinski definition) is 2. The van der Waals surface area contributed by atoms with E-state index in [1.807, 2.05) is 42.5 Å². The number of benzene rings is 1. The predicted octanol–water partition coefficient (Wildman–Crippen LogP) is 3.31. The van der Waals surface area contributed by atoms with Gasteiger partial charge in [-0.15, -0.1) is 11.6 Å². The molecular weight excluding hydrogens is 260 g/mol. The number of nitrogens with one attached hydrogen (secondary N) is 1. The Bertz CT molecular complexity index is 662. The molecule has 0 unspecified atom stereocenters. The normalized spacial score (nSPS) is 15.4. The van der Waals surface area contributed by atoms with Crippen molar-refractivity contribution in [2.75, 3.05) is 5.32 Å². The van der Waals surface area contributed by atoms with E-state index in [-0.39, 0.29) is 5.91 Å². The summed E-state index contributed by atoms with van der Waals surface area (Å²) in [6, 6.07) is 11.5. The van der Waals surface area contributed by atoms with Gasteiger partial charge >= 0.3 is 0 Å². The number of alkyl halides is 1. The van der Waals surface area contributed by atoms with Crippen LogP contribution in [0, 0.1) is 0 Å². The van der Waals surface area contributed by atoms with Crippen molar-refractivity contribution in [3.05, 3.63) is 59.3 Å². The number of nitrogens with zero attached hydrogens (tertiary/aromatic N) is 1. The third-order valence-electron chi connectivity index (χ3n) is 3.02. The van der Waals surface area contributed by atoms with Gasteiger partial charge in [0.25, 0.3) is 5.91 Å². The minimum absolute atomic E-state index is 0.116. The van der Waals surface area contributed by atoms with Crippen molar-refractivity contribution in [3.8, 4) is 0 Å². The van der Waals surface area contributed by atoms with Crippen molar-refractivity contribution in [1.82, 2.24) is 4.98 Å². The molecule has 0 bridgehead atoms. The summed E-state index contributed by atoms with van der Waals surface area (Å²) < 4.78 is 0. The van der Waals surface area contributed by atoms with Crippen molar-refractivity contribution in [3.63, 3.8) is 0 Å². The SMILES string of the molecule is O=C1Nc2ncccc2C1=Cc1ccc(CCl)cc1. The number of pyridine rings is 1. The van der Waals surface area contributed by atoms with Crippen LogP contribution in [0.15, 0.2) is 42.6 Å². The van der Waals surface area contributed by atoms with E-state index >= 15 is 0 Å². The molecule has 0 saturated heterocycles. The second-order valence-electron chi connectivity index (χ2n) is 4.29. The van der Waals surface area contributed by atoms with Crippen molar-refractivity contribution >= 4 is 35.0 Å². The number of carbonyl (C=O) groups excluding carboxylic acids is 1. The number of hydrogen-bond donors (Lipinski definition) is 1. The van der Waals surface area contributed by atoms with Crippen molar-refractivity contribution in [1.29, 1.82) is 0 Å². The molecule has 3 nitrogen and oxygen atoms in total. The highest BCUT2D eigenvalue weighted by Gasteiger charge is 2.24. The average molecular weight is 271 g/mol. The lowest BCUT2D eigenvalue weighted by Gasteiger charge is -1.99. The number of anilines is 1. The summed E-state index contributed by atoms with van der Waals surface area (Å²) in [6.45, 7) is 0. The molecule has 94 valence electrons. The van der Waals surface area contributed by atoms with E-state index in [4.69, 9.17) is 11.6 Å². The van der Waals surface area contributed by atoms with Crippen molar-refractivity contribution < 1.29 is 4.79 Å². The van der Waals surface area contributed by atoms with Gasteiger partial charge in [-0.3, -0.25) is 4.79 Å². The lowest BCUT2D eigenvalue weighted by molar-refractivity contribution is -0.110. The van der Waals surface area contributed by atoms with Gasteiger partial charge in [-0.2, -0.15) is 0 Å². The molecule has 19 heavy (non-hydrogen) atoms. The van der Waals surface area contributed by atoms with E-state index < -0.39 is 0 Å². The van der Waals surface area contributed by atoms with E-state index in [9.17, 15) is 4.79 Å². The monoisotopic (exact) mass is 270 g/mol. The second kappa shape index (κ2) is 4.86. The summed E-state index contributed by atoms with van der Waals surface area (Å²) >= 11 is 5.75. The van der Waals surface area contributed by atoms with Crippen LogP contribution < -0.4 is 5.32 Å². The van der Waals surface area contributed by atoms with Crippen LogP contribution in [-0.4, -0.2) is 10.9 Å². The maximum atomic E-state index is 11.9. The van der Waals surface area contributed by atoms with E-state index in [0.29, 0.717) is 17.3 Å². The first-order chi connectivity index (χ1) is 9.28. The first kappa shape index (κ1) is 11.9. The molecule has 1 aromatic heterocycles. The van der Waals surface area contributed by atoms with Gasteiger partial charge in [-0.1, -0.05) is 24.3 Å². The maximum absolute atomic E-state index is 11.9. The molecule has 1 aromatic carbocycles. The number of halogens is 1. The Morgan fingerprint density at radius 2 is 2.00 bits per heavy atom. The number of aromatic nitrogens is 1. The van der Waals surface area contributed by atoms with Gasteiger partial charge in [0.15, 0.2) is 0 Å². The molecule has 4 heteroatoms. The zero-order chi connectivity index (χ0) is 13.2. The third kappa shape index (κ3) is 2.25. The van der Waals surface area contributed by atoms with E-state index in [1.165, 1.54) is 0 Å². The lowest BCUT2D eigenvalue weighted by atomic mass is 10.0. The molecule has 0 saturated carbocycles. The summed E-state index contributed by atoms with van der Waals surface area (Å²) in [7, 11) is 0. The van der Waals surface area contributed by atoms with Crippen LogP contribution in [0.25, 0.3) is 11.6 Å². The van der Waals surface area contributed by atoms with Gasteiger partial charge in [0.05, 0.1) is 5.57 Å². The first-order valence-corrected chi connectivity index (χ1v) is 6.45. The number of amides is 1. The zero-order valence-corrected chi connectivity index (χ0v) is 10.8. The van der Waals surface area contributed by atoms with Gasteiger partial charge in [0.1, 0.15) is 5.82 Å². The second-order valence-corrected chi connectivity index (χ2v) is 4.55. The molecule has 1 amide bonds. The molecule has 1 aliphatic heterocycles. The Labute approximate surface area is 115 Å². The molecule has 2 heterocycles. The quantitative estimate of drug-likeness (QED) is 0.672. The summed E-state index contributed by atoms with van der Waals surface area (Å²) in [5, 5.41) is 2.75. The van der Waals surface area contributed by atoms with Crippen LogP contribution in [0.1, 0.15) is 16.7 Å². The highest BCUT2D eigenvalue weighted by molar-refractivity contribution is 6.34. The molecule has 1 aliphatic rings. The standard InChI is InChI=1S/C15H11ClN2O/c16-9-11-5-3-10(4-6-11)8-13-12-2-1-7-17-14(12)18-15(13)19/h1-8H,9H2,(H,17,18,19). The highest BCUT2D eigenvalue weighted by atomic mass is 35.5. The fourth-order valence-corrected chi connectivity index (χ4v) is 2.21. The Hall–Kier alpha value is -2.13. The number of fused-ring (bicyclic) bond motifs is 1. The fourth-order valence-electron chi connectivity index (χ4n) is 2.03. The van der Waals surface area contributed by atoms with Gasteiger partial charge < -0.3 is 5.32 Å². The Morgan fingerprint density at radius 1 is 1.21 bits per heavy atom. The molecule has 3 rings (SSSR count). The Balaban J connectivity index is 2.01. The third-order valence-corrected chi connectivity index (χ3v) is 3.33. The van der Waals surface area contributed by atoms with Gasteiger partial charge in [-0.25, -0.2) is 4.98 Å². The first-order valence-electron chi connectivity index (χ1n) is 5.91. The largest absolute Gasteiger partial charge is 0.306 e. The average Bonchev–Trinajstić information content (AvgIpc) is 2.76. The topological polar surface area (TPSA) is 42.0 Å². The summed E-state index contributed by atoms with van der Waals surface area (Å²) in [5.74, 6) is 0.996. The smallest absolute Gasteiger partial charge is 0.257 e. The zero-order valence-electron chi connectivity index (χ0n) is 10.1. The molecule has 0 fully saturated rings. The minimum Gasteiger partial charge on any atom is -0.306 e. The van der Waals surface area contributed by atoms with Crippen LogP contribution in [0.3, 0.4) is 0 Å². The van der Waals surface area contributed by atoms with Crippen LogP contribution in [-0.2, 0) is 10.7 Å². The summed E-state index contributed by atoms with van der Waals surface area (Å²) in [6.07, 6.45) is 3.53. The fraction of sp³-hybridized carbons (Fsp3) is 0.0667. The van der Waals surface area contributed by atoms with Crippen molar-refractivity contribution in [2.45, 2.75) is 5.88 Å². The lowest BCUT2D eigenvalue weighted by Crippen LogP contribution is -2.04. The Morgan fingerprint density at radius 3 is 2.74 bits per heavy atom. The molecule has 0 radical (unpaired) electrons. The molecule has 0 atom stereocenters. The molecule has 0 spiro atoms. The van der Waals surface area contributed by atoms with Gasteiger partial charge in [0, 0.05) is 17.6 Å².